The quantitative estimate of drug-likeness (QED) is 0.658. The van der Waals surface area contributed by atoms with Crippen LogP contribution in [0.25, 0.3) is 0 Å². The summed E-state index contributed by atoms with van der Waals surface area (Å²) >= 11 is 0. The van der Waals surface area contributed by atoms with E-state index in [1.165, 1.54) is 19.3 Å². The molecule has 0 radical (unpaired) electrons. The number of carbonyl (C=O) groups excluding carboxylic acids is 1. The summed E-state index contributed by atoms with van der Waals surface area (Å²) in [4.78, 5) is 12.7. The fourth-order valence-corrected chi connectivity index (χ4v) is 5.90. The predicted octanol–water partition coefficient (Wildman–Crippen LogP) is 4.37. The van der Waals surface area contributed by atoms with Gasteiger partial charge in [0, 0.05) is 17.8 Å². The van der Waals surface area contributed by atoms with E-state index in [0.717, 1.165) is 19.3 Å². The van der Waals surface area contributed by atoms with Crippen LogP contribution in [0.15, 0.2) is 0 Å². The van der Waals surface area contributed by atoms with Crippen molar-refractivity contribution in [2.24, 2.45) is 22.7 Å². The molecule has 0 amide bonds. The molecule has 3 rings (SSSR count). The number of fused-ring (bicyclic) bond motifs is 2. The molecule has 1 spiro atoms. The highest BCUT2D eigenvalue weighted by Gasteiger charge is 2.66. The van der Waals surface area contributed by atoms with Crippen molar-refractivity contribution in [2.45, 2.75) is 84.8 Å². The zero-order valence-corrected chi connectivity index (χ0v) is 13.8. The van der Waals surface area contributed by atoms with Gasteiger partial charge in [0.2, 0.25) is 0 Å². The van der Waals surface area contributed by atoms with Gasteiger partial charge < -0.3 is 4.74 Å². The molecule has 3 aliphatic rings. The third-order valence-electron chi connectivity index (χ3n) is 7.12. The summed E-state index contributed by atoms with van der Waals surface area (Å²) in [6.45, 7) is 11.5. The first-order chi connectivity index (χ1) is 9.23. The zero-order valence-electron chi connectivity index (χ0n) is 13.8. The van der Waals surface area contributed by atoms with Crippen LogP contribution in [-0.4, -0.2) is 17.5 Å². The smallest absolute Gasteiger partial charge is 0.138 e. The Morgan fingerprint density at radius 1 is 1.10 bits per heavy atom. The molecule has 114 valence electrons. The van der Waals surface area contributed by atoms with E-state index in [2.05, 4.69) is 34.6 Å². The van der Waals surface area contributed by atoms with Gasteiger partial charge in [0.15, 0.2) is 0 Å². The van der Waals surface area contributed by atoms with E-state index in [1.807, 2.05) is 0 Å². The SMILES string of the molecule is C[C@H]1CC[C@@]2(O1)[C@@H](C)C(=O)C[C@H]1C(C)(C)CCC[C@@]12C. The monoisotopic (exact) mass is 278 g/mol. The molecule has 2 heteroatoms. The van der Waals surface area contributed by atoms with E-state index in [0.29, 0.717) is 17.8 Å². The molecule has 0 aromatic heterocycles. The molecule has 1 heterocycles. The summed E-state index contributed by atoms with van der Waals surface area (Å²) in [5.41, 5.74) is 0.252. The Bertz CT molecular complexity index is 427. The van der Waals surface area contributed by atoms with Crippen molar-refractivity contribution in [3.8, 4) is 0 Å². The van der Waals surface area contributed by atoms with E-state index in [1.54, 1.807) is 0 Å². The molecule has 5 atom stereocenters. The van der Waals surface area contributed by atoms with Crippen LogP contribution in [0.3, 0.4) is 0 Å². The Morgan fingerprint density at radius 3 is 2.40 bits per heavy atom. The van der Waals surface area contributed by atoms with Gasteiger partial charge in [0.25, 0.3) is 0 Å². The molecule has 0 bridgehead atoms. The highest BCUT2D eigenvalue weighted by atomic mass is 16.5. The van der Waals surface area contributed by atoms with E-state index < -0.39 is 0 Å². The Kier molecular flexibility index (Phi) is 3.14. The first kappa shape index (κ1) is 14.6. The van der Waals surface area contributed by atoms with Crippen LogP contribution in [0.2, 0.25) is 0 Å². The summed E-state index contributed by atoms with van der Waals surface area (Å²) in [5, 5.41) is 0. The van der Waals surface area contributed by atoms with Crippen molar-refractivity contribution in [1.82, 2.24) is 0 Å². The van der Waals surface area contributed by atoms with Gasteiger partial charge in [-0.05, 0) is 43.9 Å². The standard InChI is InChI=1S/C18H30O2/c1-12-7-10-18(20-12)13(2)14(19)11-15-16(3,4)8-6-9-17(15,18)5/h12-13,15H,6-11H2,1-5H3/t12-,13-,15-,17-,18+/m0/s1. The van der Waals surface area contributed by atoms with E-state index >= 15 is 0 Å². The van der Waals surface area contributed by atoms with Gasteiger partial charge >= 0.3 is 0 Å². The lowest BCUT2D eigenvalue weighted by Crippen LogP contribution is -2.64. The van der Waals surface area contributed by atoms with Gasteiger partial charge in [-0.1, -0.05) is 34.1 Å². The average molecular weight is 278 g/mol. The largest absolute Gasteiger partial charge is 0.371 e. The molecule has 20 heavy (non-hydrogen) atoms. The van der Waals surface area contributed by atoms with Crippen LogP contribution < -0.4 is 0 Å². The van der Waals surface area contributed by atoms with E-state index in [-0.39, 0.29) is 22.3 Å². The second-order valence-electron chi connectivity index (χ2n) is 8.56. The molecule has 0 unspecified atom stereocenters. The third-order valence-corrected chi connectivity index (χ3v) is 7.12. The molecule has 2 saturated carbocycles. The molecule has 1 saturated heterocycles. The van der Waals surface area contributed by atoms with Crippen LogP contribution in [0.4, 0.5) is 0 Å². The van der Waals surface area contributed by atoms with Crippen LogP contribution in [0, 0.1) is 22.7 Å². The molecular weight excluding hydrogens is 248 g/mol. The Labute approximate surface area is 123 Å². The van der Waals surface area contributed by atoms with Gasteiger partial charge in [0.1, 0.15) is 5.78 Å². The van der Waals surface area contributed by atoms with Crippen molar-refractivity contribution >= 4 is 5.78 Å². The highest BCUT2D eigenvalue weighted by Crippen LogP contribution is 2.65. The lowest BCUT2D eigenvalue weighted by Gasteiger charge is -2.62. The minimum absolute atomic E-state index is 0.0719. The minimum Gasteiger partial charge on any atom is -0.371 e. The first-order valence-corrected chi connectivity index (χ1v) is 8.43. The number of hydrogen-bond donors (Lipinski definition) is 0. The van der Waals surface area contributed by atoms with Crippen LogP contribution in [0.1, 0.15) is 73.1 Å². The second-order valence-corrected chi connectivity index (χ2v) is 8.56. The average Bonchev–Trinajstić information content (AvgIpc) is 2.75. The predicted molar refractivity (Wildman–Crippen MR) is 80.5 cm³/mol. The molecule has 2 aliphatic carbocycles. The first-order valence-electron chi connectivity index (χ1n) is 8.43. The van der Waals surface area contributed by atoms with Crippen molar-refractivity contribution in [2.75, 3.05) is 0 Å². The summed E-state index contributed by atoms with van der Waals surface area (Å²) in [6, 6.07) is 0. The zero-order chi connectivity index (χ0) is 14.8. The Hall–Kier alpha value is -0.370. The van der Waals surface area contributed by atoms with Crippen molar-refractivity contribution in [3.05, 3.63) is 0 Å². The summed E-state index contributed by atoms with van der Waals surface area (Å²) in [7, 11) is 0. The Morgan fingerprint density at radius 2 is 1.80 bits per heavy atom. The number of Topliss-reactive ketones (excluding diaryl/α,β-unsaturated/α-hetero) is 1. The van der Waals surface area contributed by atoms with Crippen LogP contribution in [0.5, 0.6) is 0 Å². The molecule has 0 aromatic carbocycles. The number of hydrogen-bond acceptors (Lipinski definition) is 2. The van der Waals surface area contributed by atoms with Crippen molar-refractivity contribution < 1.29 is 9.53 Å². The number of ketones is 1. The molecular formula is C18H30O2. The summed E-state index contributed by atoms with van der Waals surface area (Å²) < 4.78 is 6.52. The molecule has 3 fully saturated rings. The van der Waals surface area contributed by atoms with E-state index in [4.69, 9.17) is 4.74 Å². The van der Waals surface area contributed by atoms with Gasteiger partial charge in [-0.15, -0.1) is 0 Å². The van der Waals surface area contributed by atoms with Crippen LogP contribution >= 0.6 is 0 Å². The van der Waals surface area contributed by atoms with Gasteiger partial charge in [-0.3, -0.25) is 4.79 Å². The second kappa shape index (κ2) is 4.32. The minimum atomic E-state index is -0.190. The van der Waals surface area contributed by atoms with Gasteiger partial charge in [-0.25, -0.2) is 0 Å². The highest BCUT2D eigenvalue weighted by molar-refractivity contribution is 5.84. The maximum Gasteiger partial charge on any atom is 0.138 e. The maximum atomic E-state index is 12.7. The molecule has 0 N–H and O–H groups in total. The number of rotatable bonds is 0. The normalized spacial score (nSPS) is 51.2. The van der Waals surface area contributed by atoms with Crippen LogP contribution in [-0.2, 0) is 9.53 Å². The van der Waals surface area contributed by atoms with Crippen molar-refractivity contribution in [1.29, 1.82) is 0 Å². The van der Waals surface area contributed by atoms with E-state index in [9.17, 15) is 4.79 Å². The summed E-state index contributed by atoms with van der Waals surface area (Å²) in [5.74, 6) is 0.997. The fourth-order valence-electron chi connectivity index (χ4n) is 5.90. The van der Waals surface area contributed by atoms with Gasteiger partial charge in [-0.2, -0.15) is 0 Å². The Balaban J connectivity index is 2.09. The number of carbonyl (C=O) groups is 1. The maximum absolute atomic E-state index is 12.7. The fraction of sp³-hybridized carbons (Fsp3) is 0.944. The van der Waals surface area contributed by atoms with Crippen molar-refractivity contribution in [3.63, 3.8) is 0 Å². The summed E-state index contributed by atoms with van der Waals surface area (Å²) in [6.07, 6.45) is 7.02. The van der Waals surface area contributed by atoms with Gasteiger partial charge in [0.05, 0.1) is 11.7 Å². The molecule has 0 aromatic rings. The lowest BCUT2D eigenvalue weighted by atomic mass is 9.44. The third kappa shape index (κ3) is 1.70. The molecule has 1 aliphatic heterocycles. The lowest BCUT2D eigenvalue weighted by molar-refractivity contribution is -0.219. The number of ether oxygens (including phenoxy) is 1. The molecule has 2 nitrogen and oxygen atoms in total. The topological polar surface area (TPSA) is 26.3 Å².